The van der Waals surface area contributed by atoms with Crippen molar-refractivity contribution in [1.82, 2.24) is 0 Å². The van der Waals surface area contributed by atoms with Crippen molar-refractivity contribution >= 4 is 5.69 Å². The fraction of sp³-hybridized carbons (Fsp3) is 0.200. The predicted octanol–water partition coefficient (Wildman–Crippen LogP) is 3.17. The summed E-state index contributed by atoms with van der Waals surface area (Å²) in [5, 5.41) is 13.3. The molecule has 0 amide bonds. The van der Waals surface area contributed by atoms with Gasteiger partial charge in [0.2, 0.25) is 0 Å². The van der Waals surface area contributed by atoms with E-state index in [1.807, 2.05) is 24.3 Å². The minimum Gasteiger partial charge on any atom is -0.386 e. The number of halogens is 3. The molecule has 1 aliphatic rings. The molecule has 2 aromatic rings. The number of hydrogen-bond acceptors (Lipinski definition) is 2. The van der Waals surface area contributed by atoms with Crippen molar-refractivity contribution in [2.45, 2.75) is 18.6 Å². The van der Waals surface area contributed by atoms with E-state index in [2.05, 4.69) is 5.32 Å². The Morgan fingerprint density at radius 2 is 1.75 bits per heavy atom. The van der Waals surface area contributed by atoms with Crippen molar-refractivity contribution in [3.63, 3.8) is 0 Å². The molecule has 0 aliphatic carbocycles. The van der Waals surface area contributed by atoms with Crippen LogP contribution in [0.25, 0.3) is 0 Å². The van der Waals surface area contributed by atoms with E-state index in [1.165, 1.54) is 0 Å². The standard InChI is InChI=1S/C15H12F3NO/c16-10-5-9(6-11(17)14(10)18)15(20)13-7-8-3-1-2-4-12(8)19-13/h1-6,13,15,19-20H,7H2. The van der Waals surface area contributed by atoms with Gasteiger partial charge in [-0.1, -0.05) is 18.2 Å². The van der Waals surface area contributed by atoms with Crippen molar-refractivity contribution < 1.29 is 18.3 Å². The summed E-state index contributed by atoms with van der Waals surface area (Å²) in [6.45, 7) is 0. The van der Waals surface area contributed by atoms with Gasteiger partial charge < -0.3 is 10.4 Å². The van der Waals surface area contributed by atoms with E-state index in [-0.39, 0.29) is 5.56 Å². The third-order valence-electron chi connectivity index (χ3n) is 3.53. The van der Waals surface area contributed by atoms with E-state index in [1.54, 1.807) is 0 Å². The van der Waals surface area contributed by atoms with Crippen molar-refractivity contribution in [3.8, 4) is 0 Å². The molecular formula is C15H12F3NO. The molecule has 0 fully saturated rings. The molecule has 2 unspecified atom stereocenters. The summed E-state index contributed by atoms with van der Waals surface area (Å²) in [7, 11) is 0. The number of nitrogens with one attached hydrogen (secondary N) is 1. The fourth-order valence-corrected chi connectivity index (χ4v) is 2.50. The number of hydrogen-bond donors (Lipinski definition) is 2. The van der Waals surface area contributed by atoms with Crippen molar-refractivity contribution in [2.75, 3.05) is 5.32 Å². The highest BCUT2D eigenvalue weighted by Crippen LogP contribution is 2.32. The Kier molecular flexibility index (Phi) is 3.14. The molecule has 1 heterocycles. The highest BCUT2D eigenvalue weighted by molar-refractivity contribution is 5.57. The van der Waals surface area contributed by atoms with Crippen LogP contribution in [0, 0.1) is 17.5 Å². The Morgan fingerprint density at radius 3 is 2.40 bits per heavy atom. The summed E-state index contributed by atoms with van der Waals surface area (Å²) >= 11 is 0. The van der Waals surface area contributed by atoms with E-state index in [0.717, 1.165) is 23.4 Å². The lowest BCUT2D eigenvalue weighted by molar-refractivity contribution is 0.155. The summed E-state index contributed by atoms with van der Waals surface area (Å²) in [6.07, 6.45) is -0.579. The molecule has 2 atom stereocenters. The Morgan fingerprint density at radius 1 is 1.10 bits per heavy atom. The Hall–Kier alpha value is -2.01. The third kappa shape index (κ3) is 2.14. The molecule has 0 aromatic heterocycles. The lowest BCUT2D eigenvalue weighted by atomic mass is 9.99. The van der Waals surface area contributed by atoms with Gasteiger partial charge in [0.05, 0.1) is 12.1 Å². The molecule has 0 saturated carbocycles. The number of benzene rings is 2. The van der Waals surface area contributed by atoms with E-state index in [0.29, 0.717) is 6.42 Å². The predicted molar refractivity (Wildman–Crippen MR) is 68.8 cm³/mol. The molecule has 0 radical (unpaired) electrons. The second kappa shape index (κ2) is 4.83. The Bertz CT molecular complexity index is 611. The zero-order valence-electron chi connectivity index (χ0n) is 10.4. The van der Waals surface area contributed by atoms with Crippen LogP contribution in [0.4, 0.5) is 18.9 Å². The fourth-order valence-electron chi connectivity index (χ4n) is 2.50. The maximum Gasteiger partial charge on any atom is 0.194 e. The summed E-state index contributed by atoms with van der Waals surface area (Å²) < 4.78 is 39.3. The summed E-state index contributed by atoms with van der Waals surface area (Å²) in [5.74, 6) is -4.12. The molecule has 1 aliphatic heterocycles. The molecule has 0 saturated heterocycles. The van der Waals surface area contributed by atoms with Crippen LogP contribution in [-0.2, 0) is 6.42 Å². The lowest BCUT2D eigenvalue weighted by Crippen LogP contribution is -2.25. The molecule has 5 heteroatoms. The molecule has 2 aromatic carbocycles. The first-order valence-corrected chi connectivity index (χ1v) is 6.23. The van der Waals surface area contributed by atoms with E-state index >= 15 is 0 Å². The second-order valence-corrected chi connectivity index (χ2v) is 4.86. The van der Waals surface area contributed by atoms with Crippen molar-refractivity contribution in [2.24, 2.45) is 0 Å². The van der Waals surface area contributed by atoms with Crippen LogP contribution >= 0.6 is 0 Å². The number of aliphatic hydroxyl groups excluding tert-OH is 1. The zero-order chi connectivity index (χ0) is 14.3. The van der Waals surface area contributed by atoms with Crippen LogP contribution in [0.1, 0.15) is 17.2 Å². The normalized spacial score (nSPS) is 18.5. The SMILES string of the molecule is OC(c1cc(F)c(F)c(F)c1)C1Cc2ccccc2N1. The van der Waals surface area contributed by atoms with E-state index in [9.17, 15) is 18.3 Å². The number of anilines is 1. The smallest absolute Gasteiger partial charge is 0.194 e. The first-order valence-electron chi connectivity index (χ1n) is 6.23. The molecule has 0 bridgehead atoms. The number of rotatable bonds is 2. The van der Waals surface area contributed by atoms with Crippen molar-refractivity contribution in [1.29, 1.82) is 0 Å². The third-order valence-corrected chi connectivity index (χ3v) is 3.53. The summed E-state index contributed by atoms with van der Waals surface area (Å²) in [5.41, 5.74) is 1.94. The molecule has 2 nitrogen and oxygen atoms in total. The van der Waals surface area contributed by atoms with Gasteiger partial charge in [-0.15, -0.1) is 0 Å². The van der Waals surface area contributed by atoms with Gasteiger partial charge >= 0.3 is 0 Å². The zero-order valence-corrected chi connectivity index (χ0v) is 10.4. The van der Waals surface area contributed by atoms with Crippen LogP contribution in [0.3, 0.4) is 0 Å². The molecule has 2 N–H and O–H groups in total. The van der Waals surface area contributed by atoms with Crippen LogP contribution in [-0.4, -0.2) is 11.1 Å². The van der Waals surface area contributed by atoms with Gasteiger partial charge in [0, 0.05) is 5.69 Å². The van der Waals surface area contributed by atoms with Crippen LogP contribution < -0.4 is 5.32 Å². The van der Waals surface area contributed by atoms with Crippen LogP contribution in [0.5, 0.6) is 0 Å². The minimum atomic E-state index is -1.52. The summed E-state index contributed by atoms with van der Waals surface area (Å²) in [4.78, 5) is 0. The van der Waals surface area contributed by atoms with Gasteiger partial charge in [-0.25, -0.2) is 13.2 Å². The monoisotopic (exact) mass is 279 g/mol. The van der Waals surface area contributed by atoms with Gasteiger partial charge in [0.25, 0.3) is 0 Å². The van der Waals surface area contributed by atoms with Gasteiger partial charge in [-0.2, -0.15) is 0 Å². The average Bonchev–Trinajstić information content (AvgIpc) is 2.87. The lowest BCUT2D eigenvalue weighted by Gasteiger charge is -2.19. The van der Waals surface area contributed by atoms with E-state index < -0.39 is 29.6 Å². The first kappa shape index (κ1) is 13.0. The maximum atomic E-state index is 13.2. The van der Waals surface area contributed by atoms with Gasteiger partial charge in [0.1, 0.15) is 0 Å². The second-order valence-electron chi connectivity index (χ2n) is 4.86. The summed E-state index contributed by atoms with van der Waals surface area (Å²) in [6, 6.07) is 8.79. The van der Waals surface area contributed by atoms with Crippen LogP contribution in [0.2, 0.25) is 0 Å². The molecule has 20 heavy (non-hydrogen) atoms. The number of aliphatic hydroxyl groups is 1. The highest BCUT2D eigenvalue weighted by atomic mass is 19.2. The Labute approximate surface area is 113 Å². The minimum absolute atomic E-state index is 0.0201. The molecule has 3 rings (SSSR count). The van der Waals surface area contributed by atoms with E-state index in [4.69, 9.17) is 0 Å². The van der Waals surface area contributed by atoms with Crippen LogP contribution in [0.15, 0.2) is 36.4 Å². The quantitative estimate of drug-likeness (QED) is 0.828. The largest absolute Gasteiger partial charge is 0.386 e. The van der Waals surface area contributed by atoms with Gasteiger partial charge in [-0.05, 0) is 35.7 Å². The maximum absolute atomic E-state index is 13.2. The average molecular weight is 279 g/mol. The highest BCUT2D eigenvalue weighted by Gasteiger charge is 2.28. The number of fused-ring (bicyclic) bond motifs is 1. The van der Waals surface area contributed by atoms with Gasteiger partial charge in [0.15, 0.2) is 17.5 Å². The molecule has 104 valence electrons. The first-order chi connectivity index (χ1) is 9.56. The van der Waals surface area contributed by atoms with Crippen molar-refractivity contribution in [3.05, 3.63) is 65.0 Å². The number of para-hydroxylation sites is 1. The molecule has 0 spiro atoms. The topological polar surface area (TPSA) is 32.3 Å². The van der Waals surface area contributed by atoms with Gasteiger partial charge in [-0.3, -0.25) is 0 Å². The Balaban J connectivity index is 1.86. The molecular weight excluding hydrogens is 267 g/mol.